The van der Waals surface area contributed by atoms with Crippen molar-refractivity contribution in [1.29, 1.82) is 0 Å². The fraction of sp³-hybridized carbons (Fsp3) is 0.615. The molecule has 0 aliphatic carbocycles. The van der Waals surface area contributed by atoms with Crippen LogP contribution >= 0.6 is 0 Å². The number of amides is 1. The van der Waals surface area contributed by atoms with E-state index < -0.39 is 0 Å². The van der Waals surface area contributed by atoms with Gasteiger partial charge >= 0.3 is 0 Å². The van der Waals surface area contributed by atoms with E-state index in [1.165, 1.54) is 18.4 Å². The summed E-state index contributed by atoms with van der Waals surface area (Å²) >= 11 is 0. The number of β-amino-alcohol motifs (C(OH)–C–C–N with tert-alkyl or cyclic N) is 1. The maximum Gasteiger partial charge on any atom is 0.275 e. The number of benzene rings is 1. The molecule has 2 aliphatic heterocycles. The lowest BCUT2D eigenvalue weighted by Gasteiger charge is -2.36. The Labute approximate surface area is 213 Å². The summed E-state index contributed by atoms with van der Waals surface area (Å²) in [6.45, 7) is 12.2. The quantitative estimate of drug-likeness (QED) is 0.554. The van der Waals surface area contributed by atoms with Gasteiger partial charge in [-0.1, -0.05) is 0 Å². The number of nitrogens with zero attached hydrogens (tertiary/aromatic N) is 6. The molecule has 2 aliphatic rings. The van der Waals surface area contributed by atoms with Crippen LogP contribution in [0.15, 0.2) is 34.9 Å². The fourth-order valence-electron chi connectivity index (χ4n) is 4.68. The number of halogens is 1. The van der Waals surface area contributed by atoms with Gasteiger partial charge in [0.05, 0.1) is 12.6 Å². The monoisotopic (exact) mass is 502 g/mol. The molecule has 0 radical (unpaired) electrons. The Kier molecular flexibility index (Phi) is 8.95. The van der Waals surface area contributed by atoms with Gasteiger partial charge in [-0.2, -0.15) is 0 Å². The molecule has 1 aromatic heterocycles. The lowest BCUT2D eigenvalue weighted by Crippen LogP contribution is -2.49. The van der Waals surface area contributed by atoms with Crippen molar-refractivity contribution in [3.8, 4) is 0 Å². The van der Waals surface area contributed by atoms with Crippen molar-refractivity contribution < 1.29 is 18.7 Å². The Morgan fingerprint density at radius 1 is 1.06 bits per heavy atom. The van der Waals surface area contributed by atoms with Crippen LogP contribution in [0.1, 0.15) is 30.2 Å². The van der Waals surface area contributed by atoms with Crippen LogP contribution in [0.5, 0.6) is 0 Å². The number of aliphatic hydroxyl groups excluding tert-OH is 1. The van der Waals surface area contributed by atoms with Crippen LogP contribution < -0.4 is 4.90 Å². The predicted molar refractivity (Wildman–Crippen MR) is 137 cm³/mol. The Hall–Kier alpha value is -2.53. The summed E-state index contributed by atoms with van der Waals surface area (Å²) in [7, 11) is 2.04. The Bertz CT molecular complexity index is 968. The first-order chi connectivity index (χ1) is 17.3. The molecule has 0 saturated carbocycles. The molecule has 4 rings (SSSR count). The number of rotatable bonds is 9. The van der Waals surface area contributed by atoms with E-state index in [2.05, 4.69) is 38.4 Å². The highest BCUT2D eigenvalue weighted by Crippen LogP contribution is 2.18. The number of aromatic nitrogens is 1. The number of oxazole rings is 1. The van der Waals surface area contributed by atoms with Crippen LogP contribution in [0.3, 0.4) is 0 Å². The SMILES string of the molecule is CC(C)N(C)CC(O)CN1CCN(Cc2nc(C(=O)N3CCN(c4ccc(F)cc4)CC3)co2)CC1. The van der Waals surface area contributed by atoms with Crippen LogP contribution in [0.2, 0.25) is 0 Å². The summed E-state index contributed by atoms with van der Waals surface area (Å²) in [5, 5.41) is 10.4. The molecule has 36 heavy (non-hydrogen) atoms. The third kappa shape index (κ3) is 7.03. The molecule has 1 unspecified atom stereocenters. The molecule has 2 aromatic rings. The molecular weight excluding hydrogens is 463 g/mol. The zero-order chi connectivity index (χ0) is 25.7. The van der Waals surface area contributed by atoms with Crippen LogP contribution in [-0.4, -0.2) is 120 Å². The van der Waals surface area contributed by atoms with E-state index in [4.69, 9.17) is 4.42 Å². The molecule has 0 bridgehead atoms. The largest absolute Gasteiger partial charge is 0.447 e. The van der Waals surface area contributed by atoms with Crippen LogP contribution in [-0.2, 0) is 6.54 Å². The van der Waals surface area contributed by atoms with Crippen LogP contribution in [0.4, 0.5) is 10.1 Å². The summed E-state index contributed by atoms with van der Waals surface area (Å²) in [6.07, 6.45) is 1.10. The number of hydrogen-bond donors (Lipinski definition) is 1. The number of aliphatic hydroxyl groups is 1. The number of hydrogen-bond acceptors (Lipinski definition) is 8. The molecule has 9 nitrogen and oxygen atoms in total. The highest BCUT2D eigenvalue weighted by atomic mass is 19.1. The van der Waals surface area contributed by atoms with Gasteiger partial charge in [0.25, 0.3) is 5.91 Å². The number of piperazine rings is 2. The maximum atomic E-state index is 13.2. The molecule has 2 fully saturated rings. The lowest BCUT2D eigenvalue weighted by molar-refractivity contribution is 0.0469. The van der Waals surface area contributed by atoms with Gasteiger partial charge < -0.3 is 24.2 Å². The standard InChI is InChI=1S/C26H39FN6O3/c1-20(2)29(3)16-23(34)17-30-8-10-31(11-9-30)18-25-28-24(19-36-25)26(35)33-14-12-32(13-15-33)22-6-4-21(27)5-7-22/h4-7,19-20,23,34H,8-18H2,1-3H3. The first kappa shape index (κ1) is 26.5. The van der Waals surface area contributed by atoms with E-state index in [1.54, 1.807) is 17.0 Å². The van der Waals surface area contributed by atoms with Crippen molar-refractivity contribution in [2.75, 3.05) is 77.4 Å². The van der Waals surface area contributed by atoms with E-state index in [1.807, 2.05) is 7.05 Å². The van der Waals surface area contributed by atoms with E-state index in [-0.39, 0.29) is 17.8 Å². The third-order valence-corrected chi connectivity index (χ3v) is 7.20. The molecule has 1 atom stereocenters. The Balaban J connectivity index is 1.20. The van der Waals surface area contributed by atoms with Gasteiger partial charge in [0.1, 0.15) is 12.1 Å². The minimum atomic E-state index is -0.359. The van der Waals surface area contributed by atoms with Crippen molar-refractivity contribution in [3.05, 3.63) is 47.9 Å². The fourth-order valence-corrected chi connectivity index (χ4v) is 4.68. The van der Waals surface area contributed by atoms with Gasteiger partial charge in [0.2, 0.25) is 5.89 Å². The van der Waals surface area contributed by atoms with Crippen LogP contribution in [0.25, 0.3) is 0 Å². The topological polar surface area (TPSA) is 79.5 Å². The first-order valence-corrected chi connectivity index (χ1v) is 12.9. The zero-order valence-electron chi connectivity index (χ0n) is 21.6. The van der Waals surface area contributed by atoms with Crippen molar-refractivity contribution >= 4 is 11.6 Å². The molecule has 1 aromatic carbocycles. The second kappa shape index (κ2) is 12.1. The minimum absolute atomic E-state index is 0.117. The number of carbonyl (C=O) groups is 1. The van der Waals surface area contributed by atoms with Crippen molar-refractivity contribution in [2.24, 2.45) is 0 Å². The van der Waals surface area contributed by atoms with Gasteiger partial charge in [-0.05, 0) is 45.2 Å². The number of anilines is 1. The van der Waals surface area contributed by atoms with Gasteiger partial charge in [-0.15, -0.1) is 0 Å². The molecule has 2 saturated heterocycles. The van der Waals surface area contributed by atoms with E-state index in [0.29, 0.717) is 63.4 Å². The van der Waals surface area contributed by atoms with E-state index in [0.717, 1.165) is 31.9 Å². The van der Waals surface area contributed by atoms with Gasteiger partial charge in [-0.3, -0.25) is 14.6 Å². The number of carbonyl (C=O) groups excluding carboxylic acids is 1. The van der Waals surface area contributed by atoms with Crippen molar-refractivity contribution in [2.45, 2.75) is 32.5 Å². The molecule has 1 amide bonds. The second-order valence-corrected chi connectivity index (χ2v) is 10.1. The lowest BCUT2D eigenvalue weighted by atomic mass is 10.2. The van der Waals surface area contributed by atoms with Crippen molar-refractivity contribution in [1.82, 2.24) is 24.6 Å². The highest BCUT2D eigenvalue weighted by molar-refractivity contribution is 5.92. The molecule has 3 heterocycles. The van der Waals surface area contributed by atoms with Gasteiger partial charge in [0, 0.05) is 77.2 Å². The molecule has 198 valence electrons. The molecule has 10 heteroatoms. The van der Waals surface area contributed by atoms with E-state index in [9.17, 15) is 14.3 Å². The molecule has 0 spiro atoms. The highest BCUT2D eigenvalue weighted by Gasteiger charge is 2.26. The predicted octanol–water partition coefficient (Wildman–Crippen LogP) is 1.59. The first-order valence-electron chi connectivity index (χ1n) is 12.9. The minimum Gasteiger partial charge on any atom is -0.447 e. The average molecular weight is 503 g/mol. The zero-order valence-corrected chi connectivity index (χ0v) is 21.6. The second-order valence-electron chi connectivity index (χ2n) is 10.1. The smallest absolute Gasteiger partial charge is 0.275 e. The molecule has 1 N–H and O–H groups in total. The molecular formula is C26H39FN6O3. The van der Waals surface area contributed by atoms with Gasteiger partial charge in [0.15, 0.2) is 5.69 Å². The summed E-state index contributed by atoms with van der Waals surface area (Å²) in [4.78, 5) is 28.1. The van der Waals surface area contributed by atoms with Gasteiger partial charge in [-0.25, -0.2) is 9.37 Å². The van der Waals surface area contributed by atoms with Crippen LogP contribution in [0, 0.1) is 5.82 Å². The normalized spacial score (nSPS) is 18.9. The Morgan fingerprint density at radius 2 is 1.69 bits per heavy atom. The summed E-state index contributed by atoms with van der Waals surface area (Å²) in [5.41, 5.74) is 1.31. The summed E-state index contributed by atoms with van der Waals surface area (Å²) in [5.74, 6) is 0.185. The summed E-state index contributed by atoms with van der Waals surface area (Å²) < 4.78 is 18.8. The third-order valence-electron chi connectivity index (χ3n) is 7.20. The maximum absolute atomic E-state index is 13.2. The average Bonchev–Trinajstić information content (AvgIpc) is 3.33. The Morgan fingerprint density at radius 3 is 2.33 bits per heavy atom. The number of likely N-dealkylation sites (N-methyl/N-ethyl adjacent to an activating group) is 1. The van der Waals surface area contributed by atoms with Crippen molar-refractivity contribution in [3.63, 3.8) is 0 Å². The van der Waals surface area contributed by atoms with E-state index >= 15 is 0 Å². The summed E-state index contributed by atoms with van der Waals surface area (Å²) in [6, 6.07) is 6.87.